The van der Waals surface area contributed by atoms with E-state index in [1.165, 1.54) is 5.56 Å². The molecule has 3 heterocycles. The third-order valence-electron chi connectivity index (χ3n) is 5.35. The summed E-state index contributed by atoms with van der Waals surface area (Å²) >= 11 is 1.65. The van der Waals surface area contributed by atoms with Crippen LogP contribution in [-0.2, 0) is 6.54 Å². The standard InChI is InChI=1S/C21H25N3O2S/c1-26-18-5-6-19(24-10-3-9-22-24)17(14-18)15-23-11-7-16(8-12-23)21(25)20-4-2-13-27-20/h2-6,9-10,13-14,16,21,25H,7-8,11-12,15H2,1H3. The van der Waals surface area contributed by atoms with E-state index in [-0.39, 0.29) is 6.10 Å². The molecule has 142 valence electrons. The number of nitrogens with zero attached hydrogens (tertiary/aromatic N) is 3. The van der Waals surface area contributed by atoms with Crippen LogP contribution in [0.1, 0.15) is 29.4 Å². The third-order valence-corrected chi connectivity index (χ3v) is 6.29. The number of methoxy groups -OCH3 is 1. The van der Waals surface area contributed by atoms with Gasteiger partial charge in [0.05, 0.1) is 18.9 Å². The Bertz CT molecular complexity index is 840. The van der Waals surface area contributed by atoms with Gasteiger partial charge in [0.15, 0.2) is 0 Å². The highest BCUT2D eigenvalue weighted by Crippen LogP contribution is 2.33. The number of aliphatic hydroxyl groups is 1. The molecule has 2 aromatic heterocycles. The van der Waals surface area contributed by atoms with Crippen molar-refractivity contribution in [2.45, 2.75) is 25.5 Å². The maximum Gasteiger partial charge on any atom is 0.119 e. The molecular weight excluding hydrogens is 358 g/mol. The Morgan fingerprint density at radius 2 is 2.11 bits per heavy atom. The van der Waals surface area contributed by atoms with Crippen molar-refractivity contribution in [1.29, 1.82) is 0 Å². The maximum atomic E-state index is 10.6. The molecule has 6 heteroatoms. The van der Waals surface area contributed by atoms with Gasteiger partial charge in [0.2, 0.25) is 0 Å². The van der Waals surface area contributed by atoms with E-state index in [0.29, 0.717) is 5.92 Å². The second-order valence-electron chi connectivity index (χ2n) is 7.02. The Balaban J connectivity index is 1.44. The first-order valence-electron chi connectivity index (χ1n) is 9.35. The van der Waals surface area contributed by atoms with Crippen LogP contribution in [0.5, 0.6) is 5.75 Å². The molecule has 0 bridgehead atoms. The van der Waals surface area contributed by atoms with Crippen LogP contribution >= 0.6 is 11.3 Å². The van der Waals surface area contributed by atoms with E-state index in [1.54, 1.807) is 24.6 Å². The molecular formula is C21H25N3O2S. The van der Waals surface area contributed by atoms with Crippen LogP contribution in [0.2, 0.25) is 0 Å². The van der Waals surface area contributed by atoms with Crippen LogP contribution in [0.15, 0.2) is 54.2 Å². The fraction of sp³-hybridized carbons (Fsp3) is 0.381. The molecule has 1 atom stereocenters. The molecule has 0 saturated carbocycles. The molecule has 0 aliphatic carbocycles. The highest BCUT2D eigenvalue weighted by atomic mass is 32.1. The number of likely N-dealkylation sites (tertiary alicyclic amines) is 1. The number of thiophene rings is 1. The van der Waals surface area contributed by atoms with E-state index in [4.69, 9.17) is 4.74 Å². The summed E-state index contributed by atoms with van der Waals surface area (Å²) in [6, 6.07) is 12.1. The third kappa shape index (κ3) is 4.08. The Labute approximate surface area is 163 Å². The van der Waals surface area contributed by atoms with Crippen molar-refractivity contribution in [3.05, 3.63) is 64.6 Å². The maximum absolute atomic E-state index is 10.6. The van der Waals surface area contributed by atoms with Gasteiger partial charge in [-0.3, -0.25) is 4.90 Å². The summed E-state index contributed by atoms with van der Waals surface area (Å²) in [5.74, 6) is 1.21. The molecule has 0 amide bonds. The molecule has 1 saturated heterocycles. The van der Waals surface area contributed by atoms with E-state index in [1.807, 2.05) is 40.5 Å². The smallest absolute Gasteiger partial charge is 0.119 e. The lowest BCUT2D eigenvalue weighted by Gasteiger charge is -2.34. The lowest BCUT2D eigenvalue weighted by molar-refractivity contribution is 0.0590. The summed E-state index contributed by atoms with van der Waals surface area (Å²) in [4.78, 5) is 3.54. The molecule has 0 spiro atoms. The van der Waals surface area contributed by atoms with Crippen molar-refractivity contribution < 1.29 is 9.84 Å². The zero-order chi connectivity index (χ0) is 18.6. The van der Waals surface area contributed by atoms with Gasteiger partial charge >= 0.3 is 0 Å². The van der Waals surface area contributed by atoms with Crippen molar-refractivity contribution >= 4 is 11.3 Å². The number of piperidine rings is 1. The molecule has 3 aromatic rings. The van der Waals surface area contributed by atoms with Crippen molar-refractivity contribution in [1.82, 2.24) is 14.7 Å². The van der Waals surface area contributed by atoms with Gasteiger partial charge in [0, 0.05) is 23.8 Å². The monoisotopic (exact) mass is 383 g/mol. The fourth-order valence-corrected chi connectivity index (χ4v) is 4.61. The second kappa shape index (κ2) is 8.25. The zero-order valence-electron chi connectivity index (χ0n) is 15.5. The van der Waals surface area contributed by atoms with Gasteiger partial charge in [0.25, 0.3) is 0 Å². The average molecular weight is 384 g/mol. The minimum absolute atomic E-state index is 0.330. The molecule has 1 aliphatic rings. The molecule has 1 aromatic carbocycles. The molecule has 1 fully saturated rings. The van der Waals surface area contributed by atoms with E-state index in [2.05, 4.69) is 22.1 Å². The highest BCUT2D eigenvalue weighted by molar-refractivity contribution is 7.10. The van der Waals surface area contributed by atoms with E-state index >= 15 is 0 Å². The topological polar surface area (TPSA) is 50.5 Å². The summed E-state index contributed by atoms with van der Waals surface area (Å²) < 4.78 is 7.33. The average Bonchev–Trinajstić information content (AvgIpc) is 3.42. The normalized spacial score (nSPS) is 17.1. The van der Waals surface area contributed by atoms with Gasteiger partial charge in [-0.2, -0.15) is 5.10 Å². The van der Waals surface area contributed by atoms with Crippen molar-refractivity contribution in [2.24, 2.45) is 5.92 Å². The Kier molecular flexibility index (Phi) is 5.57. The molecule has 0 radical (unpaired) electrons. The Hall–Kier alpha value is -2.15. The van der Waals surface area contributed by atoms with Crippen LogP contribution in [0.4, 0.5) is 0 Å². The van der Waals surface area contributed by atoms with Crippen molar-refractivity contribution in [3.63, 3.8) is 0 Å². The minimum atomic E-state index is -0.330. The predicted molar refractivity (Wildman–Crippen MR) is 107 cm³/mol. The van der Waals surface area contributed by atoms with Gasteiger partial charge in [-0.25, -0.2) is 4.68 Å². The summed E-state index contributed by atoms with van der Waals surface area (Å²) in [6.45, 7) is 2.83. The lowest BCUT2D eigenvalue weighted by atomic mass is 9.90. The molecule has 1 unspecified atom stereocenters. The van der Waals surface area contributed by atoms with Crippen LogP contribution in [0, 0.1) is 5.92 Å². The number of ether oxygens (including phenoxy) is 1. The number of benzene rings is 1. The molecule has 1 aliphatic heterocycles. The summed E-state index contributed by atoms with van der Waals surface area (Å²) in [6.07, 6.45) is 5.46. The zero-order valence-corrected chi connectivity index (χ0v) is 16.3. The van der Waals surface area contributed by atoms with E-state index < -0.39 is 0 Å². The molecule has 27 heavy (non-hydrogen) atoms. The SMILES string of the molecule is COc1ccc(-n2cccn2)c(CN2CCC(C(O)c3cccs3)CC2)c1. The number of aliphatic hydroxyl groups excluding tert-OH is 1. The second-order valence-corrected chi connectivity index (χ2v) is 8.00. The highest BCUT2D eigenvalue weighted by Gasteiger charge is 2.27. The fourth-order valence-electron chi connectivity index (χ4n) is 3.81. The summed E-state index contributed by atoms with van der Waals surface area (Å²) in [5.41, 5.74) is 2.29. The lowest BCUT2D eigenvalue weighted by Crippen LogP contribution is -2.35. The first-order chi connectivity index (χ1) is 13.2. The first-order valence-corrected chi connectivity index (χ1v) is 10.2. The van der Waals surface area contributed by atoms with Crippen molar-refractivity contribution in [3.8, 4) is 11.4 Å². The first kappa shape index (κ1) is 18.2. The van der Waals surface area contributed by atoms with Crippen LogP contribution < -0.4 is 4.74 Å². The summed E-state index contributed by atoms with van der Waals surface area (Å²) in [7, 11) is 1.70. The number of hydrogen-bond acceptors (Lipinski definition) is 5. The molecule has 4 rings (SSSR count). The quantitative estimate of drug-likeness (QED) is 0.702. The summed E-state index contributed by atoms with van der Waals surface area (Å²) in [5, 5.41) is 17.0. The number of aromatic nitrogens is 2. The van der Waals surface area contributed by atoms with Crippen molar-refractivity contribution in [2.75, 3.05) is 20.2 Å². The minimum Gasteiger partial charge on any atom is -0.497 e. The Morgan fingerprint density at radius 1 is 1.26 bits per heavy atom. The largest absolute Gasteiger partial charge is 0.497 e. The van der Waals surface area contributed by atoms with E-state index in [0.717, 1.165) is 48.8 Å². The van der Waals surface area contributed by atoms with Gasteiger partial charge < -0.3 is 9.84 Å². The molecule has 5 nitrogen and oxygen atoms in total. The molecule has 1 N–H and O–H groups in total. The number of rotatable bonds is 6. The van der Waals surface area contributed by atoms with Crippen LogP contribution in [-0.4, -0.2) is 40.0 Å². The van der Waals surface area contributed by atoms with Gasteiger partial charge in [-0.1, -0.05) is 6.07 Å². The van der Waals surface area contributed by atoms with E-state index in [9.17, 15) is 5.11 Å². The Morgan fingerprint density at radius 3 is 2.78 bits per heavy atom. The van der Waals surface area contributed by atoms with Crippen LogP contribution in [0.3, 0.4) is 0 Å². The van der Waals surface area contributed by atoms with Gasteiger partial charge in [-0.15, -0.1) is 11.3 Å². The van der Waals surface area contributed by atoms with Gasteiger partial charge in [-0.05, 0) is 73.1 Å². The van der Waals surface area contributed by atoms with Crippen LogP contribution in [0.25, 0.3) is 5.69 Å². The predicted octanol–water partition coefficient (Wildman–Crippen LogP) is 3.89. The van der Waals surface area contributed by atoms with Gasteiger partial charge in [0.1, 0.15) is 5.75 Å². The number of hydrogen-bond donors (Lipinski definition) is 1.